The first-order valence-corrected chi connectivity index (χ1v) is 5.69. The standard InChI is InChI=1S/C13H16O4/c1-16-13(15)11-4-10(7-14)5-12(6-11)17-8-9-2-3-9/h4-6,9,14H,2-3,7-8H2,1H3. The van der Waals surface area contributed by atoms with Gasteiger partial charge in [0.15, 0.2) is 0 Å². The van der Waals surface area contributed by atoms with Crippen molar-refractivity contribution in [3.63, 3.8) is 0 Å². The van der Waals surface area contributed by atoms with Crippen molar-refractivity contribution in [3.05, 3.63) is 29.3 Å². The van der Waals surface area contributed by atoms with Crippen molar-refractivity contribution in [1.82, 2.24) is 0 Å². The Labute approximate surface area is 100 Å². The van der Waals surface area contributed by atoms with Gasteiger partial charge in [-0.3, -0.25) is 0 Å². The summed E-state index contributed by atoms with van der Waals surface area (Å²) in [5.74, 6) is 0.842. The molecule has 0 saturated heterocycles. The molecule has 1 N–H and O–H groups in total. The van der Waals surface area contributed by atoms with E-state index in [1.807, 2.05) is 0 Å². The van der Waals surface area contributed by atoms with Gasteiger partial charge < -0.3 is 14.6 Å². The summed E-state index contributed by atoms with van der Waals surface area (Å²) in [6.07, 6.45) is 2.42. The van der Waals surface area contributed by atoms with E-state index >= 15 is 0 Å². The molecule has 0 radical (unpaired) electrons. The summed E-state index contributed by atoms with van der Waals surface area (Å²) in [5, 5.41) is 9.12. The number of methoxy groups -OCH3 is 1. The Balaban J connectivity index is 2.14. The van der Waals surface area contributed by atoms with Crippen molar-refractivity contribution >= 4 is 5.97 Å². The molecule has 1 aromatic rings. The largest absolute Gasteiger partial charge is 0.493 e. The molecule has 1 aliphatic rings. The van der Waals surface area contributed by atoms with Gasteiger partial charge in [-0.25, -0.2) is 4.79 Å². The molecule has 1 aromatic carbocycles. The SMILES string of the molecule is COC(=O)c1cc(CO)cc(OCC2CC2)c1. The van der Waals surface area contributed by atoms with Crippen LogP contribution in [0.2, 0.25) is 0 Å². The van der Waals surface area contributed by atoms with Crippen molar-refractivity contribution in [2.75, 3.05) is 13.7 Å². The maximum absolute atomic E-state index is 11.4. The minimum absolute atomic E-state index is 0.120. The highest BCUT2D eigenvalue weighted by molar-refractivity contribution is 5.90. The van der Waals surface area contributed by atoms with Gasteiger partial charge in [-0.1, -0.05) is 0 Å². The van der Waals surface area contributed by atoms with Crippen LogP contribution in [0.5, 0.6) is 5.75 Å². The Morgan fingerprint density at radius 3 is 2.76 bits per heavy atom. The third-order valence-corrected chi connectivity index (χ3v) is 2.75. The lowest BCUT2D eigenvalue weighted by Crippen LogP contribution is -2.05. The van der Waals surface area contributed by atoms with Crippen molar-refractivity contribution in [3.8, 4) is 5.75 Å². The number of carbonyl (C=O) groups is 1. The van der Waals surface area contributed by atoms with Crippen LogP contribution in [0, 0.1) is 5.92 Å². The van der Waals surface area contributed by atoms with Crippen LogP contribution in [0.25, 0.3) is 0 Å². The molecule has 0 spiro atoms. The molecule has 17 heavy (non-hydrogen) atoms. The number of hydrogen-bond acceptors (Lipinski definition) is 4. The maximum atomic E-state index is 11.4. The molecule has 4 nitrogen and oxygen atoms in total. The van der Waals surface area contributed by atoms with Gasteiger partial charge in [0, 0.05) is 0 Å². The van der Waals surface area contributed by atoms with Gasteiger partial charge in [0.1, 0.15) is 5.75 Å². The van der Waals surface area contributed by atoms with Gasteiger partial charge in [0.25, 0.3) is 0 Å². The van der Waals surface area contributed by atoms with Crippen molar-refractivity contribution < 1.29 is 19.4 Å². The second-order valence-corrected chi connectivity index (χ2v) is 4.27. The minimum atomic E-state index is -0.420. The predicted octanol–water partition coefficient (Wildman–Crippen LogP) is 1.75. The van der Waals surface area contributed by atoms with E-state index in [0.717, 1.165) is 0 Å². The topological polar surface area (TPSA) is 55.8 Å². The second kappa shape index (κ2) is 5.19. The van der Waals surface area contributed by atoms with Gasteiger partial charge in [-0.15, -0.1) is 0 Å². The van der Waals surface area contributed by atoms with E-state index in [2.05, 4.69) is 4.74 Å². The highest BCUT2D eigenvalue weighted by Crippen LogP contribution is 2.30. The molecule has 1 fully saturated rings. The molecular formula is C13H16O4. The molecule has 0 atom stereocenters. The first-order valence-electron chi connectivity index (χ1n) is 5.69. The molecule has 2 rings (SSSR count). The molecule has 0 aliphatic heterocycles. The highest BCUT2D eigenvalue weighted by Gasteiger charge is 2.22. The van der Waals surface area contributed by atoms with Crippen LogP contribution < -0.4 is 4.74 Å². The molecule has 0 unspecified atom stereocenters. The molecule has 0 heterocycles. The predicted molar refractivity (Wildman–Crippen MR) is 61.9 cm³/mol. The number of ether oxygens (including phenoxy) is 2. The first kappa shape index (κ1) is 11.9. The molecule has 0 amide bonds. The van der Waals surface area contributed by atoms with E-state index in [-0.39, 0.29) is 6.61 Å². The molecule has 0 aromatic heterocycles. The summed E-state index contributed by atoms with van der Waals surface area (Å²) >= 11 is 0. The van der Waals surface area contributed by atoms with Gasteiger partial charge in [-0.05, 0) is 42.5 Å². The number of aliphatic hydroxyl groups excluding tert-OH is 1. The number of benzene rings is 1. The van der Waals surface area contributed by atoms with Crippen LogP contribution in [0.3, 0.4) is 0 Å². The average molecular weight is 236 g/mol. The lowest BCUT2D eigenvalue weighted by Gasteiger charge is -2.09. The summed E-state index contributed by atoms with van der Waals surface area (Å²) < 4.78 is 10.2. The highest BCUT2D eigenvalue weighted by atomic mass is 16.5. The zero-order valence-electron chi connectivity index (χ0n) is 9.81. The first-order chi connectivity index (χ1) is 8.22. The van der Waals surface area contributed by atoms with Crippen LogP contribution in [-0.2, 0) is 11.3 Å². The normalized spacial score (nSPS) is 14.5. The van der Waals surface area contributed by atoms with Crippen LogP contribution in [0.1, 0.15) is 28.8 Å². The Morgan fingerprint density at radius 1 is 1.41 bits per heavy atom. The Bertz CT molecular complexity index is 410. The molecule has 92 valence electrons. The lowest BCUT2D eigenvalue weighted by atomic mass is 10.1. The lowest BCUT2D eigenvalue weighted by molar-refractivity contribution is 0.0600. The fourth-order valence-corrected chi connectivity index (χ4v) is 1.57. The molecule has 4 heteroatoms. The van der Waals surface area contributed by atoms with Crippen LogP contribution >= 0.6 is 0 Å². The van der Waals surface area contributed by atoms with E-state index in [1.54, 1.807) is 18.2 Å². The fraction of sp³-hybridized carbons (Fsp3) is 0.462. The molecule has 0 bridgehead atoms. The van der Waals surface area contributed by atoms with Gasteiger partial charge in [-0.2, -0.15) is 0 Å². The molecule has 1 saturated carbocycles. The third-order valence-electron chi connectivity index (χ3n) is 2.75. The second-order valence-electron chi connectivity index (χ2n) is 4.27. The van der Waals surface area contributed by atoms with Crippen LogP contribution in [-0.4, -0.2) is 24.8 Å². The minimum Gasteiger partial charge on any atom is -0.493 e. The van der Waals surface area contributed by atoms with Crippen molar-refractivity contribution in [1.29, 1.82) is 0 Å². The molecule has 1 aliphatic carbocycles. The third kappa shape index (κ3) is 3.20. The average Bonchev–Trinajstić information content (AvgIpc) is 3.19. The maximum Gasteiger partial charge on any atom is 0.337 e. The van der Waals surface area contributed by atoms with E-state index in [1.165, 1.54) is 20.0 Å². The quantitative estimate of drug-likeness (QED) is 0.791. The summed E-state index contributed by atoms with van der Waals surface area (Å²) in [5.41, 5.74) is 1.06. The summed E-state index contributed by atoms with van der Waals surface area (Å²) in [6, 6.07) is 5.00. The Kier molecular flexibility index (Phi) is 3.64. The van der Waals surface area contributed by atoms with Gasteiger partial charge in [0.05, 0.1) is 25.9 Å². The molecular weight excluding hydrogens is 220 g/mol. The van der Waals surface area contributed by atoms with Gasteiger partial charge >= 0.3 is 5.97 Å². The monoisotopic (exact) mass is 236 g/mol. The Hall–Kier alpha value is -1.55. The smallest absolute Gasteiger partial charge is 0.337 e. The number of carbonyl (C=O) groups excluding carboxylic acids is 1. The van der Waals surface area contributed by atoms with E-state index in [4.69, 9.17) is 9.84 Å². The number of hydrogen-bond donors (Lipinski definition) is 1. The summed E-state index contributed by atoms with van der Waals surface area (Å²) in [4.78, 5) is 11.4. The number of aliphatic hydroxyl groups is 1. The van der Waals surface area contributed by atoms with E-state index in [0.29, 0.717) is 29.4 Å². The fourth-order valence-electron chi connectivity index (χ4n) is 1.57. The zero-order valence-corrected chi connectivity index (χ0v) is 9.81. The Morgan fingerprint density at radius 2 is 2.18 bits per heavy atom. The number of rotatable bonds is 5. The van der Waals surface area contributed by atoms with Gasteiger partial charge in [0.2, 0.25) is 0 Å². The van der Waals surface area contributed by atoms with E-state index in [9.17, 15) is 4.79 Å². The summed E-state index contributed by atoms with van der Waals surface area (Å²) in [7, 11) is 1.33. The van der Waals surface area contributed by atoms with E-state index < -0.39 is 5.97 Å². The van der Waals surface area contributed by atoms with Crippen molar-refractivity contribution in [2.24, 2.45) is 5.92 Å². The van der Waals surface area contributed by atoms with Crippen LogP contribution in [0.4, 0.5) is 0 Å². The zero-order chi connectivity index (χ0) is 12.3. The number of esters is 1. The summed E-state index contributed by atoms with van der Waals surface area (Å²) in [6.45, 7) is 0.556. The van der Waals surface area contributed by atoms with Crippen LogP contribution in [0.15, 0.2) is 18.2 Å². The van der Waals surface area contributed by atoms with Crippen molar-refractivity contribution in [2.45, 2.75) is 19.4 Å².